The Kier molecular flexibility index (Phi) is 8.83. The van der Waals surface area contributed by atoms with Gasteiger partial charge in [-0.1, -0.05) is 38.1 Å². The van der Waals surface area contributed by atoms with Gasteiger partial charge < -0.3 is 15.2 Å². The van der Waals surface area contributed by atoms with Crippen molar-refractivity contribution in [2.45, 2.75) is 58.2 Å². The van der Waals surface area contributed by atoms with E-state index in [-0.39, 0.29) is 38.2 Å². The van der Waals surface area contributed by atoms with E-state index in [2.05, 4.69) is 43.1 Å². The largest absolute Gasteiger partial charge is 0.393 e. The van der Waals surface area contributed by atoms with Crippen LogP contribution < -0.4 is 0 Å². The van der Waals surface area contributed by atoms with E-state index < -0.39 is 0 Å². The molecule has 169 valence electrons. The average molecular weight is 615 g/mol. The van der Waals surface area contributed by atoms with Crippen LogP contribution in [-0.2, 0) is 20.1 Å². The molecule has 0 spiro atoms. The van der Waals surface area contributed by atoms with Crippen molar-refractivity contribution < 1.29 is 30.3 Å². The van der Waals surface area contributed by atoms with Gasteiger partial charge in [-0.05, 0) is 65.5 Å². The molecule has 1 radical (unpaired) electrons. The molecule has 2 fully saturated rings. The third kappa shape index (κ3) is 5.83. The molecule has 31 heavy (non-hydrogen) atoms. The van der Waals surface area contributed by atoms with E-state index in [1.54, 1.807) is 11.3 Å². The monoisotopic (exact) mass is 615 g/mol. The van der Waals surface area contributed by atoms with Crippen LogP contribution in [0.5, 0.6) is 0 Å². The number of aliphatic hydroxyl groups excluding tert-OH is 2. The van der Waals surface area contributed by atoms with Gasteiger partial charge in [0.1, 0.15) is 0 Å². The molecular weight excluding hydrogens is 583 g/mol. The number of hydrogen-bond donors (Lipinski definition) is 2. The van der Waals surface area contributed by atoms with E-state index in [1.165, 1.54) is 16.5 Å². The van der Waals surface area contributed by atoms with Gasteiger partial charge >= 0.3 is 0 Å². The molecule has 0 bridgehead atoms. The van der Waals surface area contributed by atoms with Crippen molar-refractivity contribution in [1.29, 1.82) is 0 Å². The molecule has 2 heterocycles. The predicted octanol–water partition coefficient (Wildman–Crippen LogP) is 5.95. The summed E-state index contributed by atoms with van der Waals surface area (Å²) in [6.45, 7) is 4.42. The van der Waals surface area contributed by atoms with E-state index in [1.807, 2.05) is 30.5 Å². The first kappa shape index (κ1) is 24.5. The Morgan fingerprint density at radius 2 is 1.77 bits per heavy atom. The Morgan fingerprint density at radius 3 is 2.48 bits per heavy atom. The molecule has 2 saturated carbocycles. The number of rotatable bonds is 3. The molecule has 0 saturated heterocycles. The van der Waals surface area contributed by atoms with Crippen molar-refractivity contribution in [3.05, 3.63) is 54.7 Å². The molecule has 1 aromatic carbocycles. The van der Waals surface area contributed by atoms with Crippen LogP contribution in [0.3, 0.4) is 0 Å². The second kappa shape index (κ2) is 11.2. The first-order chi connectivity index (χ1) is 14.5. The maximum Gasteiger partial charge on any atom is 0.0623 e. The molecule has 5 unspecified atom stereocenters. The van der Waals surface area contributed by atoms with Gasteiger partial charge in [-0.2, -0.15) is 0 Å². The van der Waals surface area contributed by atoms with Crippen LogP contribution in [-0.4, -0.2) is 27.4 Å². The smallest absolute Gasteiger partial charge is 0.0623 e. The molecule has 5 heteroatoms. The Morgan fingerprint density at radius 1 is 1.03 bits per heavy atom. The van der Waals surface area contributed by atoms with E-state index in [0.29, 0.717) is 17.8 Å². The maximum absolute atomic E-state index is 10.3. The minimum atomic E-state index is -0.247. The van der Waals surface area contributed by atoms with Gasteiger partial charge in [0.05, 0.1) is 12.2 Å². The van der Waals surface area contributed by atoms with Gasteiger partial charge in [-0.3, -0.25) is 0 Å². The standard InChI is InChI=1S/C13H8NS.C13H24O2.Ir/c1-2-7-12-10(5-1)9-13(15-12)11-6-3-4-8-14-11;1-8(2)7-10-4-3-9-5-6-11(14)12(9)13(10)15;/h1-8H;8-15H,3-7H2,1-2H3;/q-1;;. The molecule has 2 N–H and O–H groups in total. The first-order valence-corrected chi connectivity index (χ1v) is 12.0. The molecule has 2 aliphatic carbocycles. The number of hydrogen-bond acceptors (Lipinski definition) is 4. The molecule has 0 aliphatic heterocycles. The average Bonchev–Trinajstić information content (AvgIpc) is 3.35. The number of aromatic nitrogens is 1. The summed E-state index contributed by atoms with van der Waals surface area (Å²) < 4.78 is 1.26. The minimum Gasteiger partial charge on any atom is -0.393 e. The van der Waals surface area contributed by atoms with Crippen LogP contribution in [0.1, 0.15) is 46.0 Å². The quantitative estimate of drug-likeness (QED) is 0.359. The van der Waals surface area contributed by atoms with Crippen molar-refractivity contribution in [2.24, 2.45) is 23.7 Å². The van der Waals surface area contributed by atoms with Crippen molar-refractivity contribution in [1.82, 2.24) is 4.98 Å². The normalized spacial score (nSPS) is 27.3. The summed E-state index contributed by atoms with van der Waals surface area (Å²) in [5, 5.41) is 21.4. The van der Waals surface area contributed by atoms with Crippen molar-refractivity contribution in [2.75, 3.05) is 0 Å². The number of thiophene rings is 1. The number of pyridine rings is 1. The van der Waals surface area contributed by atoms with E-state index in [4.69, 9.17) is 0 Å². The zero-order chi connectivity index (χ0) is 21.1. The van der Waals surface area contributed by atoms with E-state index >= 15 is 0 Å². The van der Waals surface area contributed by atoms with Gasteiger partial charge in [0.15, 0.2) is 0 Å². The van der Waals surface area contributed by atoms with Gasteiger partial charge in [-0.25, -0.2) is 11.3 Å². The molecule has 0 amide bonds. The summed E-state index contributed by atoms with van der Waals surface area (Å²) in [7, 11) is 0. The maximum atomic E-state index is 10.3. The fraction of sp³-hybridized carbons (Fsp3) is 0.500. The van der Waals surface area contributed by atoms with Crippen LogP contribution in [0.25, 0.3) is 20.7 Å². The topological polar surface area (TPSA) is 53.4 Å². The third-order valence-electron chi connectivity index (χ3n) is 6.63. The minimum absolute atomic E-state index is 0. The van der Waals surface area contributed by atoms with Crippen LogP contribution in [0.15, 0.2) is 48.7 Å². The third-order valence-corrected chi connectivity index (χ3v) is 7.72. The van der Waals surface area contributed by atoms with Crippen molar-refractivity contribution >= 4 is 21.4 Å². The Labute approximate surface area is 203 Å². The first-order valence-electron chi connectivity index (χ1n) is 11.2. The molecule has 5 rings (SSSR count). The summed E-state index contributed by atoms with van der Waals surface area (Å²) in [5.74, 6) is 1.86. The molecule has 5 atom stereocenters. The van der Waals surface area contributed by atoms with Crippen LogP contribution in [0.4, 0.5) is 0 Å². The van der Waals surface area contributed by atoms with Gasteiger partial charge in [-0.15, -0.1) is 23.6 Å². The zero-order valence-corrected chi connectivity index (χ0v) is 21.4. The number of aliphatic hydroxyl groups is 2. The van der Waals surface area contributed by atoms with Gasteiger partial charge in [0, 0.05) is 37.9 Å². The Bertz CT molecular complexity index is 912. The summed E-state index contributed by atoms with van der Waals surface area (Å²) in [4.78, 5) is 5.43. The SMILES string of the molecule is CC(C)CC1CCC2CCC(O)C2C1O.[Ir].[c-]1c(-c2ccccn2)sc2ccccc12. The number of fused-ring (bicyclic) bond motifs is 2. The van der Waals surface area contributed by atoms with Crippen molar-refractivity contribution in [3.8, 4) is 10.6 Å². The second-order valence-corrected chi connectivity index (χ2v) is 10.3. The van der Waals surface area contributed by atoms with Gasteiger partial charge in [0.25, 0.3) is 0 Å². The number of benzene rings is 1. The van der Waals surface area contributed by atoms with Crippen LogP contribution in [0, 0.1) is 29.7 Å². The fourth-order valence-corrected chi connectivity index (χ4v) is 6.22. The summed E-state index contributed by atoms with van der Waals surface area (Å²) in [6.07, 6.45) is 6.84. The zero-order valence-electron chi connectivity index (χ0n) is 18.2. The number of nitrogens with zero attached hydrogens (tertiary/aromatic N) is 1. The molecule has 2 aliphatic rings. The van der Waals surface area contributed by atoms with Crippen molar-refractivity contribution in [3.63, 3.8) is 0 Å². The van der Waals surface area contributed by atoms with E-state index in [0.717, 1.165) is 36.3 Å². The summed E-state index contributed by atoms with van der Waals surface area (Å²) in [5.41, 5.74) is 0.999. The van der Waals surface area contributed by atoms with Gasteiger partial charge in [0.2, 0.25) is 0 Å². The molecule has 3 nitrogen and oxygen atoms in total. The summed E-state index contributed by atoms with van der Waals surface area (Å²) in [6, 6.07) is 17.6. The van der Waals surface area contributed by atoms with Crippen LogP contribution in [0.2, 0.25) is 0 Å². The molecular formula is C26H32IrNO2S-. The molecule has 2 aromatic heterocycles. The Balaban J connectivity index is 0.000000170. The van der Waals surface area contributed by atoms with E-state index in [9.17, 15) is 10.2 Å². The second-order valence-electron chi connectivity index (χ2n) is 9.21. The Hall–Kier alpha value is -1.10. The predicted molar refractivity (Wildman–Crippen MR) is 124 cm³/mol. The molecule has 3 aromatic rings. The van der Waals surface area contributed by atoms with Crippen LogP contribution >= 0.6 is 11.3 Å². The fourth-order valence-electron chi connectivity index (χ4n) is 5.23. The summed E-state index contributed by atoms with van der Waals surface area (Å²) >= 11 is 1.73.